The van der Waals surface area contributed by atoms with Gasteiger partial charge in [0.2, 0.25) is 5.91 Å². The van der Waals surface area contributed by atoms with Gasteiger partial charge < -0.3 is 15.2 Å². The minimum Gasteiger partial charge on any atom is -0.497 e. The van der Waals surface area contributed by atoms with Crippen LogP contribution < -0.4 is 10.1 Å². The molecule has 4 nitrogen and oxygen atoms in total. The summed E-state index contributed by atoms with van der Waals surface area (Å²) < 4.78 is 5.13. The Balaban J connectivity index is 1.46. The summed E-state index contributed by atoms with van der Waals surface area (Å²) in [5, 5.41) is 15.6. The summed E-state index contributed by atoms with van der Waals surface area (Å²) in [6, 6.07) is 21.7. The summed E-state index contributed by atoms with van der Waals surface area (Å²) in [4.78, 5) is 12.1. The van der Waals surface area contributed by atoms with E-state index in [1.54, 1.807) is 7.11 Å². The predicted octanol–water partition coefficient (Wildman–Crippen LogP) is 4.02. The number of methoxy groups -OCH3 is 1. The number of ether oxygens (including phenoxy) is 1. The number of nitrogens with one attached hydrogen (secondary N) is 1. The molecule has 0 aromatic heterocycles. The zero-order valence-corrected chi connectivity index (χ0v) is 15.5. The number of fused-ring (bicyclic) bond motifs is 1. The maximum atomic E-state index is 12.1. The highest BCUT2D eigenvalue weighted by molar-refractivity contribution is 5.86. The van der Waals surface area contributed by atoms with Crippen molar-refractivity contribution in [2.45, 2.75) is 25.4 Å². The number of rotatable bonds is 8. The first-order valence-electron chi connectivity index (χ1n) is 9.23. The monoisotopic (exact) mass is 363 g/mol. The van der Waals surface area contributed by atoms with Gasteiger partial charge in [-0.2, -0.15) is 0 Å². The van der Waals surface area contributed by atoms with Crippen LogP contribution in [-0.4, -0.2) is 24.7 Å². The number of aryl methyl sites for hydroxylation is 1. The van der Waals surface area contributed by atoms with Crippen LogP contribution in [0.3, 0.4) is 0 Å². The Hall–Kier alpha value is -2.85. The van der Waals surface area contributed by atoms with Gasteiger partial charge in [0.05, 0.1) is 13.2 Å². The summed E-state index contributed by atoms with van der Waals surface area (Å²) in [6.07, 6.45) is 0.999. The van der Waals surface area contributed by atoms with Crippen LogP contribution in [0.15, 0.2) is 66.7 Å². The molecule has 0 saturated carbocycles. The van der Waals surface area contributed by atoms with Crippen LogP contribution in [0.25, 0.3) is 10.8 Å². The lowest BCUT2D eigenvalue weighted by molar-refractivity contribution is -0.121. The molecule has 0 unspecified atom stereocenters. The molecule has 0 aliphatic heterocycles. The first-order valence-corrected chi connectivity index (χ1v) is 9.23. The number of amides is 1. The summed E-state index contributed by atoms with van der Waals surface area (Å²) in [5.74, 6) is 0.807. The molecule has 1 amide bonds. The van der Waals surface area contributed by atoms with Crippen molar-refractivity contribution in [3.63, 3.8) is 0 Å². The fourth-order valence-corrected chi connectivity index (χ4v) is 3.18. The lowest BCUT2D eigenvalue weighted by Crippen LogP contribution is -2.25. The Morgan fingerprint density at radius 2 is 1.78 bits per heavy atom. The minimum absolute atomic E-state index is 0.00376. The van der Waals surface area contributed by atoms with E-state index in [4.69, 9.17) is 4.74 Å². The lowest BCUT2D eigenvalue weighted by atomic mass is 9.99. The highest BCUT2D eigenvalue weighted by Gasteiger charge is 2.11. The molecule has 0 fully saturated rings. The molecule has 3 rings (SSSR count). The van der Waals surface area contributed by atoms with E-state index >= 15 is 0 Å². The van der Waals surface area contributed by atoms with Gasteiger partial charge in [-0.15, -0.1) is 0 Å². The predicted molar refractivity (Wildman–Crippen MR) is 108 cm³/mol. The minimum atomic E-state index is -0.599. The van der Waals surface area contributed by atoms with Crippen LogP contribution in [0.1, 0.15) is 30.1 Å². The molecule has 3 aromatic carbocycles. The molecular weight excluding hydrogens is 338 g/mol. The number of hydrogen-bond acceptors (Lipinski definition) is 3. The third kappa shape index (κ3) is 5.08. The zero-order valence-electron chi connectivity index (χ0n) is 15.5. The Labute approximate surface area is 159 Å². The maximum absolute atomic E-state index is 12.1. The van der Waals surface area contributed by atoms with E-state index in [1.807, 2.05) is 66.7 Å². The molecule has 27 heavy (non-hydrogen) atoms. The Kier molecular flexibility index (Phi) is 6.44. The topological polar surface area (TPSA) is 58.6 Å². The molecule has 0 aliphatic carbocycles. The SMILES string of the molecule is COc1ccc(CCC(=O)NCC[C@H](O)c2cccc3ccccc23)cc1. The van der Waals surface area contributed by atoms with Gasteiger partial charge in [0.15, 0.2) is 0 Å². The number of aliphatic hydroxyl groups excluding tert-OH is 1. The van der Waals surface area contributed by atoms with E-state index in [9.17, 15) is 9.90 Å². The van der Waals surface area contributed by atoms with Gasteiger partial charge in [-0.1, -0.05) is 54.6 Å². The highest BCUT2D eigenvalue weighted by Crippen LogP contribution is 2.25. The molecule has 0 aliphatic rings. The van der Waals surface area contributed by atoms with Gasteiger partial charge in [-0.05, 0) is 46.9 Å². The van der Waals surface area contributed by atoms with E-state index in [2.05, 4.69) is 5.32 Å². The van der Waals surface area contributed by atoms with Crippen molar-refractivity contribution in [1.82, 2.24) is 5.32 Å². The molecule has 0 spiro atoms. The quantitative estimate of drug-likeness (QED) is 0.635. The second-order valence-corrected chi connectivity index (χ2v) is 6.57. The van der Waals surface area contributed by atoms with Crippen molar-refractivity contribution >= 4 is 16.7 Å². The van der Waals surface area contributed by atoms with Gasteiger partial charge in [-0.3, -0.25) is 4.79 Å². The summed E-state index contributed by atoms with van der Waals surface area (Å²) in [5.41, 5.74) is 2.00. The van der Waals surface area contributed by atoms with E-state index < -0.39 is 6.10 Å². The van der Waals surface area contributed by atoms with Crippen LogP contribution in [0, 0.1) is 0 Å². The third-order valence-electron chi connectivity index (χ3n) is 4.72. The van der Waals surface area contributed by atoms with E-state index in [1.165, 1.54) is 0 Å². The third-order valence-corrected chi connectivity index (χ3v) is 4.72. The van der Waals surface area contributed by atoms with E-state index in [-0.39, 0.29) is 5.91 Å². The summed E-state index contributed by atoms with van der Waals surface area (Å²) >= 11 is 0. The number of aliphatic hydroxyl groups is 1. The average molecular weight is 363 g/mol. The Morgan fingerprint density at radius 1 is 1.04 bits per heavy atom. The standard InChI is InChI=1S/C23H25NO3/c1-27-19-12-9-17(10-13-19)11-14-23(26)24-16-15-22(25)21-8-4-6-18-5-2-3-7-20(18)21/h2-10,12-13,22,25H,11,14-16H2,1H3,(H,24,26)/t22-/m0/s1. The fraction of sp³-hybridized carbons (Fsp3) is 0.261. The Bertz CT molecular complexity index is 884. The van der Waals surface area contributed by atoms with Gasteiger partial charge in [0, 0.05) is 13.0 Å². The molecule has 0 bridgehead atoms. The van der Waals surface area contributed by atoms with Crippen molar-refractivity contribution in [1.29, 1.82) is 0 Å². The van der Waals surface area contributed by atoms with Gasteiger partial charge in [0.1, 0.15) is 5.75 Å². The van der Waals surface area contributed by atoms with Crippen LogP contribution in [-0.2, 0) is 11.2 Å². The molecular formula is C23H25NO3. The highest BCUT2D eigenvalue weighted by atomic mass is 16.5. The summed E-state index contributed by atoms with van der Waals surface area (Å²) in [6.45, 7) is 0.450. The second kappa shape index (κ2) is 9.19. The second-order valence-electron chi connectivity index (χ2n) is 6.57. The van der Waals surface area contributed by atoms with Crippen molar-refractivity contribution in [2.75, 3.05) is 13.7 Å². The van der Waals surface area contributed by atoms with Gasteiger partial charge in [0.25, 0.3) is 0 Å². The molecule has 0 saturated heterocycles. The van der Waals surface area contributed by atoms with Crippen molar-refractivity contribution < 1.29 is 14.6 Å². The van der Waals surface area contributed by atoms with Crippen molar-refractivity contribution in [2.24, 2.45) is 0 Å². The van der Waals surface area contributed by atoms with E-state index in [0.29, 0.717) is 25.8 Å². The lowest BCUT2D eigenvalue weighted by Gasteiger charge is -2.14. The molecule has 1 atom stereocenters. The molecule has 0 radical (unpaired) electrons. The van der Waals surface area contributed by atoms with Crippen LogP contribution in [0.4, 0.5) is 0 Å². The largest absolute Gasteiger partial charge is 0.497 e. The van der Waals surface area contributed by atoms with Crippen LogP contribution >= 0.6 is 0 Å². The number of benzene rings is 3. The molecule has 4 heteroatoms. The summed E-state index contributed by atoms with van der Waals surface area (Å²) in [7, 11) is 1.63. The normalized spacial score (nSPS) is 11.9. The van der Waals surface area contributed by atoms with Crippen LogP contribution in [0.5, 0.6) is 5.75 Å². The smallest absolute Gasteiger partial charge is 0.220 e. The van der Waals surface area contributed by atoms with Gasteiger partial charge >= 0.3 is 0 Å². The number of hydrogen-bond donors (Lipinski definition) is 2. The van der Waals surface area contributed by atoms with Crippen molar-refractivity contribution in [3.8, 4) is 5.75 Å². The van der Waals surface area contributed by atoms with Gasteiger partial charge in [-0.25, -0.2) is 0 Å². The van der Waals surface area contributed by atoms with Crippen LogP contribution in [0.2, 0.25) is 0 Å². The molecule has 3 aromatic rings. The maximum Gasteiger partial charge on any atom is 0.220 e. The van der Waals surface area contributed by atoms with Crippen molar-refractivity contribution in [3.05, 3.63) is 77.9 Å². The first kappa shape index (κ1) is 18.9. The molecule has 140 valence electrons. The zero-order chi connectivity index (χ0) is 19.1. The van der Waals surface area contributed by atoms with E-state index in [0.717, 1.165) is 27.6 Å². The Morgan fingerprint density at radius 3 is 2.56 bits per heavy atom. The first-order chi connectivity index (χ1) is 13.2. The molecule has 0 heterocycles. The number of carbonyl (C=O) groups excluding carboxylic acids is 1. The average Bonchev–Trinajstić information content (AvgIpc) is 2.72. The number of carbonyl (C=O) groups is 1. The fourth-order valence-electron chi connectivity index (χ4n) is 3.18. The molecule has 2 N–H and O–H groups in total.